The van der Waals surface area contributed by atoms with Crippen LogP contribution < -0.4 is 15.0 Å². The summed E-state index contributed by atoms with van der Waals surface area (Å²) in [6.07, 6.45) is 2.84. The summed E-state index contributed by atoms with van der Waals surface area (Å²) >= 11 is 0. The highest BCUT2D eigenvalue weighted by Gasteiger charge is 2.24. The van der Waals surface area contributed by atoms with Gasteiger partial charge in [-0.2, -0.15) is 0 Å². The Morgan fingerprint density at radius 3 is 2.31 bits per heavy atom. The van der Waals surface area contributed by atoms with Gasteiger partial charge in [-0.05, 0) is 68.2 Å². The molecule has 1 aliphatic heterocycles. The molecule has 1 saturated heterocycles. The Morgan fingerprint density at radius 2 is 1.72 bits per heavy atom. The highest BCUT2D eigenvalue weighted by atomic mass is 16.5. The Hall–Kier alpha value is -2.53. The fourth-order valence-corrected chi connectivity index (χ4v) is 3.83. The van der Waals surface area contributed by atoms with Crippen molar-refractivity contribution in [3.8, 4) is 5.75 Å². The number of rotatable bonds is 9. The fraction of sp³-hybridized carbons (Fsp3) is 0.458. The van der Waals surface area contributed by atoms with Gasteiger partial charge in [-0.15, -0.1) is 0 Å². The van der Waals surface area contributed by atoms with E-state index in [1.807, 2.05) is 45.3 Å². The van der Waals surface area contributed by atoms with Crippen LogP contribution in [-0.4, -0.2) is 51.1 Å². The number of carbonyl (C=O) groups is 1. The van der Waals surface area contributed by atoms with Crippen LogP contribution in [0.15, 0.2) is 48.5 Å². The minimum atomic E-state index is 0.0586. The van der Waals surface area contributed by atoms with Crippen molar-refractivity contribution in [1.29, 1.82) is 0 Å². The van der Waals surface area contributed by atoms with Crippen LogP contribution in [0.25, 0.3) is 0 Å². The van der Waals surface area contributed by atoms with Gasteiger partial charge in [0.05, 0.1) is 19.1 Å². The first-order chi connectivity index (χ1) is 14.1. The lowest BCUT2D eigenvalue weighted by molar-refractivity contribution is -0.120. The molecular weight excluding hydrogens is 362 g/mol. The van der Waals surface area contributed by atoms with Gasteiger partial charge >= 0.3 is 0 Å². The van der Waals surface area contributed by atoms with Gasteiger partial charge in [-0.3, -0.25) is 9.69 Å². The molecular formula is C24H33N3O2. The smallest absolute Gasteiger partial charge is 0.224 e. The van der Waals surface area contributed by atoms with E-state index in [-0.39, 0.29) is 11.9 Å². The van der Waals surface area contributed by atoms with Crippen molar-refractivity contribution in [1.82, 2.24) is 10.2 Å². The molecule has 2 aromatic rings. The van der Waals surface area contributed by atoms with Gasteiger partial charge in [0.1, 0.15) is 5.75 Å². The van der Waals surface area contributed by atoms with Gasteiger partial charge in [-0.1, -0.05) is 24.3 Å². The summed E-state index contributed by atoms with van der Waals surface area (Å²) in [6, 6.07) is 16.7. The Bertz CT molecular complexity index is 766. The molecule has 29 heavy (non-hydrogen) atoms. The molecule has 0 unspecified atom stereocenters. The lowest BCUT2D eigenvalue weighted by Crippen LogP contribution is -2.37. The molecule has 1 aliphatic rings. The zero-order valence-electron chi connectivity index (χ0n) is 17.9. The first-order valence-corrected chi connectivity index (χ1v) is 10.6. The Kier molecular flexibility index (Phi) is 7.53. The lowest BCUT2D eigenvalue weighted by atomic mass is 10.0. The predicted molar refractivity (Wildman–Crippen MR) is 119 cm³/mol. The fourth-order valence-electron chi connectivity index (χ4n) is 3.83. The summed E-state index contributed by atoms with van der Waals surface area (Å²) < 4.78 is 5.46. The van der Waals surface area contributed by atoms with Crippen molar-refractivity contribution in [2.45, 2.75) is 32.2 Å². The van der Waals surface area contributed by atoms with Crippen molar-refractivity contribution < 1.29 is 9.53 Å². The van der Waals surface area contributed by atoms with Gasteiger partial charge in [-0.25, -0.2) is 0 Å². The van der Waals surface area contributed by atoms with Gasteiger partial charge in [0.2, 0.25) is 5.91 Å². The van der Waals surface area contributed by atoms with Crippen molar-refractivity contribution in [2.75, 3.05) is 45.2 Å². The molecule has 1 N–H and O–H groups in total. The van der Waals surface area contributed by atoms with E-state index in [9.17, 15) is 4.79 Å². The van der Waals surface area contributed by atoms with Crippen LogP contribution >= 0.6 is 0 Å². The van der Waals surface area contributed by atoms with E-state index in [1.54, 1.807) is 0 Å². The molecule has 1 atom stereocenters. The van der Waals surface area contributed by atoms with Crippen LogP contribution in [0.1, 0.15) is 36.9 Å². The second-order valence-electron chi connectivity index (χ2n) is 7.80. The van der Waals surface area contributed by atoms with Gasteiger partial charge in [0.25, 0.3) is 0 Å². The molecule has 0 saturated carbocycles. The molecule has 0 aromatic heterocycles. The molecule has 5 nitrogen and oxygen atoms in total. The molecule has 0 bridgehead atoms. The SMILES string of the molecule is CCOc1ccc(CC(=O)NC[C@H](c2ccc(N(C)C)cc2)N2CCCC2)cc1. The maximum atomic E-state index is 12.5. The van der Waals surface area contributed by atoms with Crippen LogP contribution in [0, 0.1) is 0 Å². The first-order valence-electron chi connectivity index (χ1n) is 10.6. The number of nitrogens with one attached hydrogen (secondary N) is 1. The Morgan fingerprint density at radius 1 is 1.07 bits per heavy atom. The summed E-state index contributed by atoms with van der Waals surface area (Å²) in [5.74, 6) is 0.898. The minimum Gasteiger partial charge on any atom is -0.494 e. The number of ether oxygens (including phenoxy) is 1. The third-order valence-corrected chi connectivity index (χ3v) is 5.47. The first kappa shape index (κ1) is 21.2. The number of carbonyl (C=O) groups excluding carboxylic acids is 1. The molecule has 1 heterocycles. The predicted octanol–water partition coefficient (Wildman–Crippen LogP) is 3.65. The quantitative estimate of drug-likeness (QED) is 0.704. The monoisotopic (exact) mass is 395 g/mol. The molecule has 0 spiro atoms. The normalized spacial score (nSPS) is 15.1. The Labute approximate surface area is 174 Å². The highest BCUT2D eigenvalue weighted by Crippen LogP contribution is 2.26. The zero-order chi connectivity index (χ0) is 20.6. The average molecular weight is 396 g/mol. The van der Waals surface area contributed by atoms with E-state index in [2.05, 4.69) is 39.4 Å². The topological polar surface area (TPSA) is 44.8 Å². The van der Waals surface area contributed by atoms with Crippen LogP contribution in [0.3, 0.4) is 0 Å². The lowest BCUT2D eigenvalue weighted by Gasteiger charge is -2.28. The third kappa shape index (κ3) is 5.97. The van der Waals surface area contributed by atoms with Crippen molar-refractivity contribution in [3.63, 3.8) is 0 Å². The summed E-state index contributed by atoms with van der Waals surface area (Å²) in [5, 5.41) is 3.16. The van der Waals surface area contributed by atoms with Crippen LogP contribution in [0.5, 0.6) is 5.75 Å². The number of amides is 1. The van der Waals surface area contributed by atoms with E-state index in [1.165, 1.54) is 24.1 Å². The summed E-state index contributed by atoms with van der Waals surface area (Å²) in [6.45, 7) is 5.43. The molecule has 2 aromatic carbocycles. The number of hydrogen-bond acceptors (Lipinski definition) is 4. The van der Waals surface area contributed by atoms with E-state index in [4.69, 9.17) is 4.74 Å². The van der Waals surface area contributed by atoms with E-state index in [0.29, 0.717) is 19.6 Å². The largest absolute Gasteiger partial charge is 0.494 e. The maximum Gasteiger partial charge on any atom is 0.224 e. The standard InChI is InChI=1S/C24H33N3O2/c1-4-29-22-13-7-19(8-14-22)17-24(28)25-18-23(27-15-5-6-16-27)20-9-11-21(12-10-20)26(2)3/h7-14,23H,4-6,15-18H2,1-3H3,(H,25,28)/t23-/m1/s1. The summed E-state index contributed by atoms with van der Waals surface area (Å²) in [5.41, 5.74) is 3.45. The molecule has 3 rings (SSSR count). The molecule has 1 amide bonds. The molecule has 156 valence electrons. The van der Waals surface area contributed by atoms with Crippen molar-refractivity contribution in [3.05, 3.63) is 59.7 Å². The summed E-state index contributed by atoms with van der Waals surface area (Å²) in [7, 11) is 4.10. The number of hydrogen-bond donors (Lipinski definition) is 1. The second kappa shape index (κ2) is 10.3. The van der Waals surface area contributed by atoms with E-state index >= 15 is 0 Å². The second-order valence-corrected chi connectivity index (χ2v) is 7.80. The molecule has 0 radical (unpaired) electrons. The van der Waals surface area contributed by atoms with Crippen molar-refractivity contribution in [2.24, 2.45) is 0 Å². The Balaban J connectivity index is 1.61. The highest BCUT2D eigenvalue weighted by molar-refractivity contribution is 5.78. The summed E-state index contributed by atoms with van der Waals surface area (Å²) in [4.78, 5) is 17.1. The van der Waals surface area contributed by atoms with Gasteiger partial charge < -0.3 is 15.0 Å². The van der Waals surface area contributed by atoms with E-state index in [0.717, 1.165) is 24.4 Å². The number of likely N-dealkylation sites (tertiary alicyclic amines) is 1. The number of anilines is 1. The van der Waals surface area contributed by atoms with Crippen molar-refractivity contribution >= 4 is 11.6 Å². The minimum absolute atomic E-state index is 0.0586. The van der Waals surface area contributed by atoms with Crippen LogP contribution in [0.2, 0.25) is 0 Å². The zero-order valence-corrected chi connectivity index (χ0v) is 17.9. The van der Waals surface area contributed by atoms with Gasteiger partial charge in [0, 0.05) is 26.3 Å². The number of benzene rings is 2. The molecule has 1 fully saturated rings. The molecule has 0 aliphatic carbocycles. The maximum absolute atomic E-state index is 12.5. The number of nitrogens with zero attached hydrogens (tertiary/aromatic N) is 2. The van der Waals surface area contributed by atoms with Crippen LogP contribution in [0.4, 0.5) is 5.69 Å². The average Bonchev–Trinajstić information content (AvgIpc) is 3.25. The third-order valence-electron chi connectivity index (χ3n) is 5.47. The van der Waals surface area contributed by atoms with E-state index < -0.39 is 0 Å². The van der Waals surface area contributed by atoms with Crippen LogP contribution in [-0.2, 0) is 11.2 Å². The molecule has 5 heteroatoms. The van der Waals surface area contributed by atoms with Gasteiger partial charge in [0.15, 0.2) is 0 Å².